The molecular weight excluding hydrogens is 180 g/mol. The van der Waals surface area contributed by atoms with Crippen LogP contribution in [-0.4, -0.2) is 25.2 Å². The zero-order valence-electron chi connectivity index (χ0n) is 7.20. The molecule has 14 heavy (non-hydrogen) atoms. The van der Waals surface area contributed by atoms with Gasteiger partial charge in [0.15, 0.2) is 0 Å². The molecular formula is C8H6N6. The Kier molecular flexibility index (Phi) is 2.15. The highest BCUT2D eigenvalue weighted by atomic mass is 15.6. The highest BCUT2D eigenvalue weighted by Gasteiger charge is 2.03. The van der Waals surface area contributed by atoms with Crippen LogP contribution in [0.2, 0.25) is 0 Å². The molecule has 68 valence electrons. The van der Waals surface area contributed by atoms with Gasteiger partial charge in [0.05, 0.1) is 6.07 Å². The summed E-state index contributed by atoms with van der Waals surface area (Å²) in [6.45, 7) is 0.109. The summed E-state index contributed by atoms with van der Waals surface area (Å²) in [7, 11) is 0. The second-order valence-electron chi connectivity index (χ2n) is 2.54. The highest BCUT2D eigenvalue weighted by Crippen LogP contribution is 2.10. The van der Waals surface area contributed by atoms with Crippen molar-refractivity contribution in [2.75, 3.05) is 0 Å². The van der Waals surface area contributed by atoms with Crippen molar-refractivity contribution >= 4 is 0 Å². The van der Waals surface area contributed by atoms with E-state index in [1.165, 1.54) is 4.80 Å². The lowest BCUT2D eigenvalue weighted by atomic mass is 10.3. The van der Waals surface area contributed by atoms with Gasteiger partial charge in [-0.25, -0.2) is 0 Å². The number of nitriles is 1. The van der Waals surface area contributed by atoms with Crippen LogP contribution in [0.3, 0.4) is 0 Å². The fraction of sp³-hybridized carbons (Fsp3) is 0.125. The molecule has 0 atom stereocenters. The van der Waals surface area contributed by atoms with Crippen molar-refractivity contribution in [3.05, 3.63) is 24.5 Å². The average molecular weight is 186 g/mol. The summed E-state index contributed by atoms with van der Waals surface area (Å²) in [5.74, 6) is 0.502. The second kappa shape index (κ2) is 3.62. The van der Waals surface area contributed by atoms with Crippen molar-refractivity contribution in [1.29, 1.82) is 5.26 Å². The number of tetrazole rings is 1. The van der Waals surface area contributed by atoms with E-state index < -0.39 is 0 Å². The molecule has 0 radical (unpaired) electrons. The van der Waals surface area contributed by atoms with E-state index in [9.17, 15) is 0 Å². The first-order valence-electron chi connectivity index (χ1n) is 3.95. The van der Waals surface area contributed by atoms with Gasteiger partial charge in [0, 0.05) is 18.0 Å². The van der Waals surface area contributed by atoms with E-state index in [2.05, 4.69) is 20.4 Å². The minimum absolute atomic E-state index is 0.109. The predicted molar refractivity (Wildman–Crippen MR) is 46.7 cm³/mol. The van der Waals surface area contributed by atoms with Crippen LogP contribution in [0.5, 0.6) is 0 Å². The van der Waals surface area contributed by atoms with Crippen LogP contribution in [0, 0.1) is 11.3 Å². The molecule has 0 bridgehead atoms. The Balaban J connectivity index is 2.31. The van der Waals surface area contributed by atoms with Crippen molar-refractivity contribution in [1.82, 2.24) is 25.2 Å². The minimum atomic E-state index is 0.109. The largest absolute Gasteiger partial charge is 0.265 e. The molecule has 0 saturated carbocycles. The summed E-state index contributed by atoms with van der Waals surface area (Å²) in [6, 6.07) is 5.51. The third kappa shape index (κ3) is 1.56. The Bertz CT molecular complexity index is 454. The number of pyridine rings is 1. The van der Waals surface area contributed by atoms with Gasteiger partial charge >= 0.3 is 0 Å². The molecule has 0 aromatic carbocycles. The van der Waals surface area contributed by atoms with Crippen LogP contribution in [0.15, 0.2) is 24.5 Å². The van der Waals surface area contributed by atoms with Crippen LogP contribution in [0.25, 0.3) is 11.4 Å². The monoisotopic (exact) mass is 186 g/mol. The molecule has 0 saturated heterocycles. The van der Waals surface area contributed by atoms with E-state index in [0.29, 0.717) is 5.82 Å². The van der Waals surface area contributed by atoms with Gasteiger partial charge < -0.3 is 0 Å². The van der Waals surface area contributed by atoms with E-state index >= 15 is 0 Å². The van der Waals surface area contributed by atoms with Gasteiger partial charge in [-0.3, -0.25) is 4.98 Å². The zero-order chi connectivity index (χ0) is 9.80. The van der Waals surface area contributed by atoms with Crippen LogP contribution in [-0.2, 0) is 6.54 Å². The quantitative estimate of drug-likeness (QED) is 0.671. The summed E-state index contributed by atoms with van der Waals surface area (Å²) >= 11 is 0. The second-order valence-corrected chi connectivity index (χ2v) is 2.54. The van der Waals surface area contributed by atoms with Crippen molar-refractivity contribution in [2.45, 2.75) is 6.54 Å². The Morgan fingerprint density at radius 3 is 2.86 bits per heavy atom. The van der Waals surface area contributed by atoms with Crippen LogP contribution >= 0.6 is 0 Å². The van der Waals surface area contributed by atoms with Gasteiger partial charge in [-0.15, -0.1) is 15.0 Å². The molecule has 0 unspecified atom stereocenters. The SMILES string of the molecule is N#CCn1nnc(-c2ccncc2)n1. The number of nitrogens with zero attached hydrogens (tertiary/aromatic N) is 6. The van der Waals surface area contributed by atoms with Gasteiger partial charge in [-0.2, -0.15) is 5.26 Å². The first-order chi connectivity index (χ1) is 6.90. The van der Waals surface area contributed by atoms with Crippen LogP contribution in [0.1, 0.15) is 0 Å². The van der Waals surface area contributed by atoms with Crippen LogP contribution in [0.4, 0.5) is 0 Å². The van der Waals surface area contributed by atoms with Gasteiger partial charge in [-0.1, -0.05) is 0 Å². The molecule has 0 N–H and O–H groups in total. The Morgan fingerprint density at radius 1 is 1.36 bits per heavy atom. The van der Waals surface area contributed by atoms with Gasteiger partial charge in [-0.05, 0) is 17.3 Å². The number of rotatable bonds is 2. The fourth-order valence-corrected chi connectivity index (χ4v) is 0.990. The summed E-state index contributed by atoms with van der Waals surface area (Å²) in [6.07, 6.45) is 3.31. The molecule has 2 heterocycles. The third-order valence-electron chi connectivity index (χ3n) is 1.60. The lowest BCUT2D eigenvalue weighted by molar-refractivity contribution is 0.589. The molecule has 0 aliphatic carbocycles. The number of hydrogen-bond acceptors (Lipinski definition) is 5. The molecule has 2 rings (SSSR count). The molecule has 6 nitrogen and oxygen atoms in total. The average Bonchev–Trinajstić information content (AvgIpc) is 2.68. The normalized spacial score (nSPS) is 9.64. The molecule has 0 amide bonds. The van der Waals surface area contributed by atoms with Crippen molar-refractivity contribution in [3.8, 4) is 17.5 Å². The fourth-order valence-electron chi connectivity index (χ4n) is 0.990. The van der Waals surface area contributed by atoms with E-state index in [-0.39, 0.29) is 6.54 Å². The molecule has 0 aliphatic heterocycles. The first-order valence-corrected chi connectivity index (χ1v) is 3.95. The van der Waals surface area contributed by atoms with E-state index in [0.717, 1.165) is 5.56 Å². The van der Waals surface area contributed by atoms with Gasteiger partial charge in [0.1, 0.15) is 6.54 Å². The first kappa shape index (κ1) is 8.31. The number of aromatic nitrogens is 5. The standard InChI is InChI=1S/C8H6N6/c9-3-6-14-12-8(11-13-14)7-1-4-10-5-2-7/h1-2,4-5H,6H2. The molecule has 2 aromatic rings. The van der Waals surface area contributed by atoms with Gasteiger partial charge in [0.2, 0.25) is 5.82 Å². The topological polar surface area (TPSA) is 80.3 Å². The molecule has 0 spiro atoms. The maximum absolute atomic E-state index is 8.41. The summed E-state index contributed by atoms with van der Waals surface area (Å²) in [5, 5.41) is 19.9. The lowest BCUT2D eigenvalue weighted by Gasteiger charge is -1.90. The maximum Gasteiger partial charge on any atom is 0.205 e. The Labute approximate surface area is 79.8 Å². The summed E-state index contributed by atoms with van der Waals surface area (Å²) in [5.41, 5.74) is 0.837. The summed E-state index contributed by atoms with van der Waals surface area (Å²) in [4.78, 5) is 5.12. The number of hydrogen-bond donors (Lipinski definition) is 0. The van der Waals surface area contributed by atoms with E-state index in [1.807, 2.05) is 6.07 Å². The van der Waals surface area contributed by atoms with Crippen molar-refractivity contribution in [3.63, 3.8) is 0 Å². The summed E-state index contributed by atoms with van der Waals surface area (Å²) < 4.78 is 0. The van der Waals surface area contributed by atoms with E-state index in [1.54, 1.807) is 24.5 Å². The lowest BCUT2D eigenvalue weighted by Crippen LogP contribution is -1.99. The molecule has 2 aromatic heterocycles. The van der Waals surface area contributed by atoms with Crippen molar-refractivity contribution in [2.24, 2.45) is 0 Å². The smallest absolute Gasteiger partial charge is 0.205 e. The minimum Gasteiger partial charge on any atom is -0.265 e. The zero-order valence-corrected chi connectivity index (χ0v) is 7.20. The van der Waals surface area contributed by atoms with Crippen LogP contribution < -0.4 is 0 Å². The maximum atomic E-state index is 8.41. The Morgan fingerprint density at radius 2 is 2.14 bits per heavy atom. The highest BCUT2D eigenvalue weighted by molar-refractivity contribution is 5.51. The molecule has 0 aliphatic rings. The Hall–Kier alpha value is -2.29. The molecule has 6 heteroatoms. The van der Waals surface area contributed by atoms with Crippen molar-refractivity contribution < 1.29 is 0 Å². The predicted octanol–water partition coefficient (Wildman–Crippen LogP) is 0.259. The van der Waals surface area contributed by atoms with E-state index in [4.69, 9.17) is 5.26 Å². The third-order valence-corrected chi connectivity index (χ3v) is 1.60. The van der Waals surface area contributed by atoms with Gasteiger partial charge in [0.25, 0.3) is 0 Å². The molecule has 0 fully saturated rings.